The van der Waals surface area contributed by atoms with Crippen LogP contribution in [0, 0.1) is 18.8 Å². The van der Waals surface area contributed by atoms with Crippen molar-refractivity contribution in [2.75, 3.05) is 12.4 Å². The Labute approximate surface area is 206 Å². The number of aryl methyl sites for hydroxylation is 1. The summed E-state index contributed by atoms with van der Waals surface area (Å²) in [4.78, 5) is 53.7. The minimum absolute atomic E-state index is 0.0139. The zero-order valence-electron chi connectivity index (χ0n) is 19.3. The molecule has 2 fully saturated rings. The molecule has 1 spiro atoms. The van der Waals surface area contributed by atoms with Crippen molar-refractivity contribution < 1.29 is 23.9 Å². The van der Waals surface area contributed by atoms with Crippen molar-refractivity contribution in [2.24, 2.45) is 17.6 Å². The number of halogens is 1. The van der Waals surface area contributed by atoms with Gasteiger partial charge in [-0.2, -0.15) is 0 Å². The Hall–Kier alpha value is -3.43. The van der Waals surface area contributed by atoms with Crippen molar-refractivity contribution in [2.45, 2.75) is 37.9 Å². The smallest absolute Gasteiger partial charge is 0.250 e. The van der Waals surface area contributed by atoms with Crippen LogP contribution in [0.1, 0.15) is 29.5 Å². The van der Waals surface area contributed by atoms with Gasteiger partial charge in [0.15, 0.2) is 0 Å². The molecule has 2 unspecified atom stereocenters. The molecule has 3 aliphatic heterocycles. The summed E-state index contributed by atoms with van der Waals surface area (Å²) < 4.78 is 5.18. The number of hydrogen-bond donors (Lipinski definition) is 3. The topological polar surface area (TPSA) is 131 Å². The third-order valence-electron chi connectivity index (χ3n) is 7.28. The third-order valence-corrected chi connectivity index (χ3v) is 7.50. The number of ether oxygens (including phenoxy) is 1. The number of carbonyl (C=O) groups is 4. The molecule has 4 amide bonds. The van der Waals surface area contributed by atoms with Crippen LogP contribution in [0.3, 0.4) is 0 Å². The van der Waals surface area contributed by atoms with E-state index in [0.29, 0.717) is 22.0 Å². The van der Waals surface area contributed by atoms with Gasteiger partial charge >= 0.3 is 0 Å². The number of imide groups is 1. The molecule has 4 atom stereocenters. The van der Waals surface area contributed by atoms with Gasteiger partial charge < -0.3 is 15.8 Å². The first-order valence-electron chi connectivity index (χ1n) is 11.3. The van der Waals surface area contributed by atoms with Crippen LogP contribution in [0.4, 0.5) is 5.69 Å². The summed E-state index contributed by atoms with van der Waals surface area (Å²) in [7, 11) is 1.56. The van der Waals surface area contributed by atoms with Gasteiger partial charge in [0.2, 0.25) is 23.6 Å². The predicted molar refractivity (Wildman–Crippen MR) is 127 cm³/mol. The van der Waals surface area contributed by atoms with E-state index in [4.69, 9.17) is 22.1 Å². The molecular formula is C25H25ClN4O5. The standard InChI is InChI=1S/C25H25ClN4O5/c1-12-9-14(26)10-16-21(12)28-24(34)25(16)20-19(17(29-25)7-8-18(27)31)22(32)30(23(20)33)11-13-3-5-15(35-2)6-4-13/h3-6,9-10,17,19-20,29H,7-8,11H2,1-2H3,(H2,27,31)(H,28,34)/t17?,19-,20+,25?/m1/s1. The maximum absolute atomic E-state index is 13.8. The highest BCUT2D eigenvalue weighted by Crippen LogP contribution is 2.54. The summed E-state index contributed by atoms with van der Waals surface area (Å²) in [5.74, 6) is -2.90. The number of nitrogens with one attached hydrogen (secondary N) is 2. The van der Waals surface area contributed by atoms with E-state index in [0.717, 1.165) is 11.1 Å². The molecule has 10 heteroatoms. The maximum atomic E-state index is 13.8. The molecule has 5 rings (SSSR count). The quantitative estimate of drug-likeness (QED) is 0.523. The van der Waals surface area contributed by atoms with E-state index in [2.05, 4.69) is 10.6 Å². The number of nitrogens with zero attached hydrogens (tertiary/aromatic N) is 1. The summed E-state index contributed by atoms with van der Waals surface area (Å²) in [6, 6.07) is 9.87. The SMILES string of the molecule is COc1ccc(CN2C(=O)[C@@H]3C(CCC(N)=O)NC4(C(=O)Nc5c(C)cc(Cl)cc54)[C@@H]3C2=O)cc1. The fourth-order valence-electron chi connectivity index (χ4n) is 5.71. The fraction of sp³-hybridized carbons (Fsp3) is 0.360. The molecule has 2 aromatic carbocycles. The van der Waals surface area contributed by atoms with Crippen molar-refractivity contribution >= 4 is 40.9 Å². The Morgan fingerprint density at radius 2 is 1.89 bits per heavy atom. The second-order valence-corrected chi connectivity index (χ2v) is 9.71. The molecule has 3 aliphatic rings. The number of likely N-dealkylation sites (tertiary alicyclic amines) is 1. The van der Waals surface area contributed by atoms with Crippen molar-refractivity contribution in [1.29, 1.82) is 0 Å². The van der Waals surface area contributed by atoms with E-state index < -0.39 is 41.1 Å². The number of rotatable bonds is 6. The van der Waals surface area contributed by atoms with E-state index >= 15 is 0 Å². The summed E-state index contributed by atoms with van der Waals surface area (Å²) >= 11 is 6.35. The zero-order valence-corrected chi connectivity index (χ0v) is 20.0. The van der Waals surface area contributed by atoms with E-state index in [-0.39, 0.29) is 25.3 Å². The van der Waals surface area contributed by atoms with Gasteiger partial charge in [0, 0.05) is 28.7 Å². The van der Waals surface area contributed by atoms with Gasteiger partial charge in [-0.1, -0.05) is 23.7 Å². The Balaban J connectivity index is 1.58. The summed E-state index contributed by atoms with van der Waals surface area (Å²) in [5.41, 5.74) is 6.52. The molecule has 9 nitrogen and oxygen atoms in total. The van der Waals surface area contributed by atoms with Crippen LogP contribution >= 0.6 is 11.6 Å². The molecule has 3 heterocycles. The van der Waals surface area contributed by atoms with Crippen LogP contribution in [-0.4, -0.2) is 41.7 Å². The van der Waals surface area contributed by atoms with E-state index in [9.17, 15) is 19.2 Å². The highest BCUT2D eigenvalue weighted by Gasteiger charge is 2.70. The van der Waals surface area contributed by atoms with Gasteiger partial charge in [0.1, 0.15) is 11.3 Å². The Kier molecular flexibility index (Phi) is 5.56. The Bertz CT molecular complexity index is 1260. The number of hydrogen-bond acceptors (Lipinski definition) is 6. The number of amides is 4. The fourth-order valence-corrected chi connectivity index (χ4v) is 5.98. The van der Waals surface area contributed by atoms with Gasteiger partial charge in [-0.15, -0.1) is 0 Å². The first kappa shape index (κ1) is 23.3. The van der Waals surface area contributed by atoms with Gasteiger partial charge in [0.05, 0.1) is 25.5 Å². The van der Waals surface area contributed by atoms with Crippen LogP contribution < -0.4 is 21.1 Å². The second kappa shape index (κ2) is 8.35. The van der Waals surface area contributed by atoms with Gasteiger partial charge in [-0.25, -0.2) is 0 Å². The van der Waals surface area contributed by atoms with Gasteiger partial charge in [-0.05, 0) is 48.7 Å². The lowest BCUT2D eigenvalue weighted by Crippen LogP contribution is -2.53. The lowest BCUT2D eigenvalue weighted by molar-refractivity contribution is -0.143. The van der Waals surface area contributed by atoms with Crippen LogP contribution in [-0.2, 0) is 31.3 Å². The number of methoxy groups -OCH3 is 1. The van der Waals surface area contributed by atoms with Crippen LogP contribution in [0.5, 0.6) is 5.75 Å². The molecule has 0 aliphatic carbocycles. The molecule has 0 saturated carbocycles. The molecule has 182 valence electrons. The zero-order chi connectivity index (χ0) is 25.1. The molecule has 0 aromatic heterocycles. The number of anilines is 1. The molecule has 2 saturated heterocycles. The number of benzene rings is 2. The molecule has 0 radical (unpaired) electrons. The molecular weight excluding hydrogens is 472 g/mol. The first-order chi connectivity index (χ1) is 16.7. The average molecular weight is 497 g/mol. The van der Waals surface area contributed by atoms with Crippen molar-refractivity contribution in [3.63, 3.8) is 0 Å². The van der Waals surface area contributed by atoms with Crippen LogP contribution in [0.15, 0.2) is 36.4 Å². The van der Waals surface area contributed by atoms with E-state index in [1.165, 1.54) is 4.90 Å². The van der Waals surface area contributed by atoms with Crippen LogP contribution in [0.2, 0.25) is 5.02 Å². The maximum Gasteiger partial charge on any atom is 0.250 e. The largest absolute Gasteiger partial charge is 0.497 e. The first-order valence-corrected chi connectivity index (χ1v) is 11.7. The van der Waals surface area contributed by atoms with Gasteiger partial charge in [0.25, 0.3) is 0 Å². The van der Waals surface area contributed by atoms with Crippen molar-refractivity contribution in [1.82, 2.24) is 10.2 Å². The highest BCUT2D eigenvalue weighted by atomic mass is 35.5. The number of fused-ring (bicyclic) bond motifs is 4. The minimum Gasteiger partial charge on any atom is -0.497 e. The Morgan fingerprint density at radius 3 is 2.54 bits per heavy atom. The van der Waals surface area contributed by atoms with Gasteiger partial charge in [-0.3, -0.25) is 29.4 Å². The summed E-state index contributed by atoms with van der Waals surface area (Å²) in [5, 5.41) is 6.59. The third kappa shape index (κ3) is 3.49. The number of nitrogens with two attached hydrogens (primary N) is 1. The predicted octanol–water partition coefficient (Wildman–Crippen LogP) is 1.84. The summed E-state index contributed by atoms with van der Waals surface area (Å²) in [6.45, 7) is 1.88. The molecule has 4 N–H and O–H groups in total. The lowest BCUT2D eigenvalue weighted by atomic mass is 9.76. The Morgan fingerprint density at radius 1 is 1.17 bits per heavy atom. The van der Waals surface area contributed by atoms with Crippen LogP contribution in [0.25, 0.3) is 0 Å². The lowest BCUT2D eigenvalue weighted by Gasteiger charge is -2.29. The normalized spacial score (nSPS) is 26.8. The summed E-state index contributed by atoms with van der Waals surface area (Å²) in [6.07, 6.45) is 0.232. The van der Waals surface area contributed by atoms with Crippen molar-refractivity contribution in [3.05, 3.63) is 58.1 Å². The average Bonchev–Trinajstić information content (AvgIpc) is 3.39. The second-order valence-electron chi connectivity index (χ2n) is 9.28. The number of primary amides is 1. The monoisotopic (exact) mass is 496 g/mol. The highest BCUT2D eigenvalue weighted by molar-refractivity contribution is 6.31. The molecule has 2 aromatic rings. The minimum atomic E-state index is -1.47. The van der Waals surface area contributed by atoms with E-state index in [1.54, 1.807) is 43.5 Å². The molecule has 35 heavy (non-hydrogen) atoms. The van der Waals surface area contributed by atoms with Crippen molar-refractivity contribution in [3.8, 4) is 5.75 Å². The van der Waals surface area contributed by atoms with E-state index in [1.807, 2.05) is 6.92 Å². The number of carbonyl (C=O) groups excluding carboxylic acids is 4. The molecule has 0 bridgehead atoms.